The largest absolute Gasteiger partial charge is 0.325 e. The third kappa shape index (κ3) is 5.21. The molecule has 7 nitrogen and oxygen atoms in total. The first kappa shape index (κ1) is 22.3. The lowest BCUT2D eigenvalue weighted by atomic mass is 10.1. The van der Waals surface area contributed by atoms with Crippen LogP contribution in [0.1, 0.15) is 18.1 Å². The summed E-state index contributed by atoms with van der Waals surface area (Å²) in [6, 6.07) is 12.1. The minimum Gasteiger partial charge on any atom is -0.307 e. The van der Waals surface area contributed by atoms with Crippen LogP contribution in [0.3, 0.4) is 0 Å². The molecule has 0 saturated carbocycles. The summed E-state index contributed by atoms with van der Waals surface area (Å²) in [6.45, 7) is 9.46. The van der Waals surface area contributed by atoms with Crippen molar-refractivity contribution in [1.82, 2.24) is 14.9 Å². The molecule has 0 spiro atoms. The van der Waals surface area contributed by atoms with Gasteiger partial charge < -0.3 is 5.32 Å². The van der Waals surface area contributed by atoms with Crippen molar-refractivity contribution < 1.29 is 9.59 Å². The number of para-hydroxylation sites is 1. The molecule has 1 heterocycles. The number of hydrogen-bond donors (Lipinski definition) is 2. The molecule has 0 bridgehead atoms. The molecule has 3 rings (SSSR count). The highest BCUT2D eigenvalue weighted by Crippen LogP contribution is 2.23. The zero-order valence-electron chi connectivity index (χ0n) is 17.6. The van der Waals surface area contributed by atoms with Gasteiger partial charge in [-0.25, -0.2) is 9.78 Å². The molecule has 0 aliphatic rings. The predicted octanol–water partition coefficient (Wildman–Crippen LogP) is 4.03. The fourth-order valence-electron chi connectivity index (χ4n) is 3.06. The Morgan fingerprint density at radius 1 is 1.23 bits per heavy atom. The molecule has 1 atom stereocenters. The highest BCUT2D eigenvalue weighted by Gasteiger charge is 2.21. The first-order chi connectivity index (χ1) is 14.8. The topological polar surface area (TPSA) is 93.1 Å². The number of nitrogens with zero attached hydrogens (tertiary/aromatic N) is 2. The van der Waals surface area contributed by atoms with Crippen LogP contribution in [0, 0.1) is 13.8 Å². The van der Waals surface area contributed by atoms with E-state index in [0.717, 1.165) is 22.9 Å². The smallest absolute Gasteiger partial charge is 0.307 e. The Morgan fingerprint density at radius 3 is 2.68 bits per heavy atom. The van der Waals surface area contributed by atoms with Crippen LogP contribution in [0.25, 0.3) is 10.9 Å². The Labute approximate surface area is 184 Å². The SMILES string of the molecule is C=CCn1c(S[C@H](C)C(=O)NC(=O)Nc2ccc(C)cc2C)nc2ccccc2c1=O. The lowest BCUT2D eigenvalue weighted by Gasteiger charge is -2.15. The number of imide groups is 1. The summed E-state index contributed by atoms with van der Waals surface area (Å²) in [7, 11) is 0. The second kappa shape index (κ2) is 9.61. The molecular formula is C23H24N4O3S. The number of hydrogen-bond acceptors (Lipinski definition) is 5. The first-order valence-electron chi connectivity index (χ1n) is 9.76. The van der Waals surface area contributed by atoms with Crippen LogP contribution in [-0.4, -0.2) is 26.7 Å². The Bertz CT molecular complexity index is 1220. The van der Waals surface area contributed by atoms with Gasteiger partial charge in [-0.15, -0.1) is 6.58 Å². The molecule has 0 aliphatic carbocycles. The summed E-state index contributed by atoms with van der Waals surface area (Å²) in [4.78, 5) is 42.2. The third-order valence-electron chi connectivity index (χ3n) is 4.66. The lowest BCUT2D eigenvalue weighted by Crippen LogP contribution is -2.39. The number of aryl methyl sites for hydroxylation is 2. The summed E-state index contributed by atoms with van der Waals surface area (Å²) in [6.07, 6.45) is 1.60. The van der Waals surface area contributed by atoms with Crippen molar-refractivity contribution in [2.75, 3.05) is 5.32 Å². The predicted molar refractivity (Wildman–Crippen MR) is 125 cm³/mol. The van der Waals surface area contributed by atoms with Crippen molar-refractivity contribution in [3.63, 3.8) is 0 Å². The van der Waals surface area contributed by atoms with Crippen molar-refractivity contribution in [2.45, 2.75) is 37.7 Å². The van der Waals surface area contributed by atoms with Crippen molar-refractivity contribution in [2.24, 2.45) is 0 Å². The number of allylic oxidation sites excluding steroid dienone is 1. The van der Waals surface area contributed by atoms with Gasteiger partial charge in [-0.05, 0) is 44.5 Å². The van der Waals surface area contributed by atoms with E-state index in [9.17, 15) is 14.4 Å². The van der Waals surface area contributed by atoms with Crippen LogP contribution in [0.15, 0.2) is 65.1 Å². The Morgan fingerprint density at radius 2 is 1.97 bits per heavy atom. The van der Waals surface area contributed by atoms with Crippen LogP contribution in [0.2, 0.25) is 0 Å². The zero-order valence-corrected chi connectivity index (χ0v) is 18.5. The van der Waals surface area contributed by atoms with E-state index >= 15 is 0 Å². The van der Waals surface area contributed by atoms with Gasteiger partial charge in [-0.3, -0.25) is 19.5 Å². The highest BCUT2D eigenvalue weighted by atomic mass is 32.2. The molecule has 2 N–H and O–H groups in total. The number of urea groups is 1. The second-order valence-corrected chi connectivity index (χ2v) is 8.45. The van der Waals surface area contributed by atoms with Crippen LogP contribution in [0.4, 0.5) is 10.5 Å². The molecule has 31 heavy (non-hydrogen) atoms. The standard InChI is InChI=1S/C23H24N4O3S/c1-5-12-27-21(29)17-8-6-7-9-19(17)25-23(27)31-16(4)20(28)26-22(30)24-18-11-10-14(2)13-15(18)3/h5-11,13,16H,1,12H2,2-4H3,(H2,24,26,28,30)/t16-/m1/s1. The summed E-state index contributed by atoms with van der Waals surface area (Å²) < 4.78 is 1.47. The normalized spacial score (nSPS) is 11.7. The molecular weight excluding hydrogens is 412 g/mol. The molecule has 0 radical (unpaired) electrons. The number of carbonyl (C=O) groups excluding carboxylic acids is 2. The van der Waals surface area contributed by atoms with E-state index in [1.165, 1.54) is 4.57 Å². The van der Waals surface area contributed by atoms with Gasteiger partial charge in [-0.1, -0.05) is 47.7 Å². The third-order valence-corrected chi connectivity index (χ3v) is 5.75. The number of thioether (sulfide) groups is 1. The second-order valence-electron chi connectivity index (χ2n) is 7.14. The van der Waals surface area contributed by atoms with Crippen LogP contribution in [-0.2, 0) is 11.3 Å². The van der Waals surface area contributed by atoms with E-state index in [0.29, 0.717) is 21.7 Å². The molecule has 0 fully saturated rings. The molecule has 8 heteroatoms. The summed E-state index contributed by atoms with van der Waals surface area (Å²) in [5, 5.41) is 5.27. The number of amides is 3. The molecule has 2 aromatic carbocycles. The van der Waals surface area contributed by atoms with Gasteiger partial charge >= 0.3 is 6.03 Å². The van der Waals surface area contributed by atoms with Gasteiger partial charge in [0, 0.05) is 12.2 Å². The maximum absolute atomic E-state index is 12.8. The number of carbonyl (C=O) groups is 2. The fourth-order valence-corrected chi connectivity index (χ4v) is 3.98. The number of rotatable bonds is 6. The van der Waals surface area contributed by atoms with E-state index in [1.54, 1.807) is 43.3 Å². The minimum atomic E-state index is -0.658. The number of anilines is 1. The van der Waals surface area contributed by atoms with E-state index in [-0.39, 0.29) is 12.1 Å². The summed E-state index contributed by atoms with van der Waals surface area (Å²) in [5.74, 6) is -0.486. The van der Waals surface area contributed by atoms with Crippen LogP contribution >= 0.6 is 11.8 Å². The zero-order chi connectivity index (χ0) is 22.5. The Hall–Kier alpha value is -3.39. The molecule has 160 valence electrons. The first-order valence-corrected chi connectivity index (χ1v) is 10.6. The molecule has 3 amide bonds. The monoisotopic (exact) mass is 436 g/mol. The van der Waals surface area contributed by atoms with E-state index in [4.69, 9.17) is 0 Å². The van der Waals surface area contributed by atoms with Gasteiger partial charge in [0.05, 0.1) is 16.2 Å². The van der Waals surface area contributed by atoms with Crippen molar-refractivity contribution in [1.29, 1.82) is 0 Å². The molecule has 0 unspecified atom stereocenters. The van der Waals surface area contributed by atoms with E-state index in [2.05, 4.69) is 22.2 Å². The average Bonchev–Trinajstić information content (AvgIpc) is 2.73. The molecule has 0 saturated heterocycles. The van der Waals surface area contributed by atoms with Gasteiger partial charge in [0.1, 0.15) is 0 Å². The Kier molecular flexibility index (Phi) is 6.91. The number of aromatic nitrogens is 2. The van der Waals surface area contributed by atoms with Crippen LogP contribution in [0.5, 0.6) is 0 Å². The van der Waals surface area contributed by atoms with Crippen molar-refractivity contribution in [3.8, 4) is 0 Å². The van der Waals surface area contributed by atoms with Gasteiger partial charge in [0.2, 0.25) is 5.91 Å². The summed E-state index contributed by atoms with van der Waals surface area (Å²) >= 11 is 1.11. The van der Waals surface area contributed by atoms with Crippen molar-refractivity contribution >= 4 is 40.3 Å². The average molecular weight is 437 g/mol. The highest BCUT2D eigenvalue weighted by molar-refractivity contribution is 8.00. The number of benzene rings is 2. The number of nitrogens with one attached hydrogen (secondary N) is 2. The molecule has 0 aliphatic heterocycles. The maximum atomic E-state index is 12.8. The van der Waals surface area contributed by atoms with Gasteiger partial charge in [0.25, 0.3) is 5.56 Å². The quantitative estimate of drug-likeness (QED) is 0.346. The van der Waals surface area contributed by atoms with E-state index in [1.807, 2.05) is 26.0 Å². The van der Waals surface area contributed by atoms with Gasteiger partial charge in [0.15, 0.2) is 5.16 Å². The van der Waals surface area contributed by atoms with Crippen LogP contribution < -0.4 is 16.2 Å². The number of fused-ring (bicyclic) bond motifs is 1. The van der Waals surface area contributed by atoms with Crippen molar-refractivity contribution in [3.05, 3.63) is 76.6 Å². The summed E-state index contributed by atoms with van der Waals surface area (Å²) in [5.41, 5.74) is 2.97. The maximum Gasteiger partial charge on any atom is 0.325 e. The molecule has 3 aromatic rings. The van der Waals surface area contributed by atoms with E-state index < -0.39 is 17.2 Å². The lowest BCUT2D eigenvalue weighted by molar-refractivity contribution is -0.119. The van der Waals surface area contributed by atoms with Gasteiger partial charge in [-0.2, -0.15) is 0 Å². The fraction of sp³-hybridized carbons (Fsp3) is 0.217. The molecule has 1 aromatic heterocycles. The Balaban J connectivity index is 1.75. The minimum absolute atomic E-state index is 0.201.